The van der Waals surface area contributed by atoms with Gasteiger partial charge in [-0.05, 0) is 25.5 Å². The van der Waals surface area contributed by atoms with Crippen molar-refractivity contribution < 1.29 is 4.74 Å². The molecule has 0 amide bonds. The van der Waals surface area contributed by atoms with Crippen molar-refractivity contribution in [2.75, 3.05) is 20.2 Å². The van der Waals surface area contributed by atoms with Gasteiger partial charge in [-0.25, -0.2) is 0 Å². The average Bonchev–Trinajstić information content (AvgIpc) is 2.97. The summed E-state index contributed by atoms with van der Waals surface area (Å²) in [6, 6.07) is 8.09. The molecule has 1 fully saturated rings. The molecule has 0 bridgehead atoms. The van der Waals surface area contributed by atoms with Crippen LogP contribution in [0.25, 0.3) is 0 Å². The fourth-order valence-electron chi connectivity index (χ4n) is 2.79. The Kier molecular flexibility index (Phi) is 3.97. The van der Waals surface area contributed by atoms with Gasteiger partial charge in [-0.3, -0.25) is 0 Å². The lowest BCUT2D eigenvalue weighted by atomic mass is 9.99. The van der Waals surface area contributed by atoms with Crippen LogP contribution in [0, 0.1) is 0 Å². The number of ether oxygens (including phenoxy) is 1. The van der Waals surface area contributed by atoms with Gasteiger partial charge in [0.15, 0.2) is 0 Å². The molecule has 5 heteroatoms. The van der Waals surface area contributed by atoms with Crippen LogP contribution in [0.3, 0.4) is 0 Å². The fourth-order valence-corrected chi connectivity index (χ4v) is 2.79. The van der Waals surface area contributed by atoms with Crippen molar-refractivity contribution in [2.45, 2.75) is 25.3 Å². The Hall–Kier alpha value is -1.88. The van der Waals surface area contributed by atoms with E-state index in [0.717, 1.165) is 36.8 Å². The quantitative estimate of drug-likeness (QED) is 0.922. The van der Waals surface area contributed by atoms with Crippen molar-refractivity contribution in [1.29, 1.82) is 0 Å². The van der Waals surface area contributed by atoms with E-state index in [1.54, 1.807) is 7.11 Å². The molecule has 1 aromatic heterocycles. The molecule has 0 spiro atoms. The highest BCUT2D eigenvalue weighted by molar-refractivity contribution is 5.33. The summed E-state index contributed by atoms with van der Waals surface area (Å²) < 4.78 is 7.55. The molecular formula is C15H20N4O. The van der Waals surface area contributed by atoms with Crippen LogP contribution in [0.1, 0.15) is 30.1 Å². The summed E-state index contributed by atoms with van der Waals surface area (Å²) in [6.07, 6.45) is 4.19. The smallest absolute Gasteiger partial charge is 0.137 e. The predicted molar refractivity (Wildman–Crippen MR) is 77.0 cm³/mol. The van der Waals surface area contributed by atoms with Crippen molar-refractivity contribution in [3.63, 3.8) is 0 Å². The van der Waals surface area contributed by atoms with Crippen LogP contribution in [-0.4, -0.2) is 35.0 Å². The molecule has 106 valence electrons. The van der Waals surface area contributed by atoms with Gasteiger partial charge in [-0.1, -0.05) is 18.2 Å². The molecule has 20 heavy (non-hydrogen) atoms. The number of nitrogens with one attached hydrogen (secondary N) is 1. The number of aromatic nitrogens is 3. The van der Waals surface area contributed by atoms with Crippen molar-refractivity contribution in [2.24, 2.45) is 0 Å². The van der Waals surface area contributed by atoms with Crippen molar-refractivity contribution >= 4 is 0 Å². The number of para-hydroxylation sites is 1. The first-order valence-corrected chi connectivity index (χ1v) is 7.09. The molecule has 2 heterocycles. The first-order valence-electron chi connectivity index (χ1n) is 7.09. The van der Waals surface area contributed by atoms with E-state index >= 15 is 0 Å². The lowest BCUT2D eigenvalue weighted by molar-refractivity contribution is 0.405. The molecule has 1 aliphatic heterocycles. The second kappa shape index (κ2) is 6.05. The first-order chi connectivity index (χ1) is 9.88. The van der Waals surface area contributed by atoms with E-state index in [0.29, 0.717) is 5.92 Å². The third-order valence-corrected chi connectivity index (χ3v) is 3.84. The molecule has 0 saturated carbocycles. The zero-order chi connectivity index (χ0) is 13.8. The van der Waals surface area contributed by atoms with Gasteiger partial charge in [0.25, 0.3) is 0 Å². The van der Waals surface area contributed by atoms with E-state index in [1.807, 2.05) is 24.5 Å². The van der Waals surface area contributed by atoms with Crippen molar-refractivity contribution in [1.82, 2.24) is 20.1 Å². The minimum atomic E-state index is 0.459. The Morgan fingerprint density at radius 2 is 2.30 bits per heavy atom. The van der Waals surface area contributed by atoms with Gasteiger partial charge < -0.3 is 14.6 Å². The number of piperidine rings is 1. The van der Waals surface area contributed by atoms with Crippen molar-refractivity contribution in [3.05, 3.63) is 42.0 Å². The third kappa shape index (κ3) is 2.67. The van der Waals surface area contributed by atoms with Gasteiger partial charge in [0, 0.05) is 18.0 Å². The SMILES string of the molecule is COc1ccccc1Cn1cnnc1C1CCCNC1. The second-order valence-electron chi connectivity index (χ2n) is 5.17. The van der Waals surface area contributed by atoms with Crippen LogP contribution in [0.2, 0.25) is 0 Å². The Balaban J connectivity index is 1.82. The minimum Gasteiger partial charge on any atom is -0.496 e. The van der Waals surface area contributed by atoms with Gasteiger partial charge in [-0.15, -0.1) is 10.2 Å². The van der Waals surface area contributed by atoms with Crippen LogP contribution in [0.4, 0.5) is 0 Å². The molecule has 1 aliphatic rings. The number of rotatable bonds is 4. The Morgan fingerprint density at radius 1 is 1.40 bits per heavy atom. The summed E-state index contributed by atoms with van der Waals surface area (Å²) >= 11 is 0. The summed E-state index contributed by atoms with van der Waals surface area (Å²) in [5.74, 6) is 2.44. The monoisotopic (exact) mass is 272 g/mol. The summed E-state index contributed by atoms with van der Waals surface area (Å²) in [7, 11) is 1.71. The zero-order valence-corrected chi connectivity index (χ0v) is 11.7. The van der Waals surface area contributed by atoms with E-state index in [9.17, 15) is 0 Å². The molecular weight excluding hydrogens is 252 g/mol. The number of nitrogens with zero attached hydrogens (tertiary/aromatic N) is 3. The number of hydrogen-bond donors (Lipinski definition) is 1. The molecule has 1 aromatic carbocycles. The molecule has 3 rings (SSSR count). The third-order valence-electron chi connectivity index (χ3n) is 3.84. The largest absolute Gasteiger partial charge is 0.496 e. The molecule has 0 radical (unpaired) electrons. The highest BCUT2D eigenvalue weighted by Crippen LogP contribution is 2.24. The molecule has 1 unspecified atom stereocenters. The van der Waals surface area contributed by atoms with Gasteiger partial charge in [-0.2, -0.15) is 0 Å². The molecule has 5 nitrogen and oxygen atoms in total. The molecule has 1 N–H and O–H groups in total. The molecule has 1 saturated heterocycles. The van der Waals surface area contributed by atoms with E-state index in [4.69, 9.17) is 4.74 Å². The van der Waals surface area contributed by atoms with E-state index < -0.39 is 0 Å². The highest BCUT2D eigenvalue weighted by Gasteiger charge is 2.20. The second-order valence-corrected chi connectivity index (χ2v) is 5.17. The normalized spacial score (nSPS) is 18.9. The van der Waals surface area contributed by atoms with Crippen LogP contribution in [-0.2, 0) is 6.54 Å². The number of methoxy groups -OCH3 is 1. The lowest BCUT2D eigenvalue weighted by Crippen LogP contribution is -2.30. The van der Waals surface area contributed by atoms with Gasteiger partial charge >= 0.3 is 0 Å². The zero-order valence-electron chi connectivity index (χ0n) is 11.7. The van der Waals surface area contributed by atoms with Crippen LogP contribution >= 0.6 is 0 Å². The summed E-state index contributed by atoms with van der Waals surface area (Å²) in [6.45, 7) is 2.85. The predicted octanol–water partition coefficient (Wildman–Crippen LogP) is 1.80. The Morgan fingerprint density at radius 3 is 3.10 bits per heavy atom. The summed E-state index contributed by atoms with van der Waals surface area (Å²) in [5, 5.41) is 11.8. The molecule has 1 atom stereocenters. The average molecular weight is 272 g/mol. The minimum absolute atomic E-state index is 0.459. The highest BCUT2D eigenvalue weighted by atomic mass is 16.5. The van der Waals surface area contributed by atoms with E-state index in [2.05, 4.69) is 26.1 Å². The number of benzene rings is 1. The molecule has 0 aliphatic carbocycles. The van der Waals surface area contributed by atoms with E-state index in [1.165, 1.54) is 12.8 Å². The Bertz CT molecular complexity index is 561. The molecule has 2 aromatic rings. The fraction of sp³-hybridized carbons (Fsp3) is 0.467. The standard InChI is InChI=1S/C15H20N4O/c1-20-14-7-3-2-5-13(14)10-19-11-17-18-15(19)12-6-4-8-16-9-12/h2-3,5,7,11-12,16H,4,6,8-10H2,1H3. The maximum absolute atomic E-state index is 5.41. The van der Waals surface area contributed by atoms with Crippen LogP contribution in [0.5, 0.6) is 5.75 Å². The van der Waals surface area contributed by atoms with Crippen LogP contribution < -0.4 is 10.1 Å². The van der Waals surface area contributed by atoms with Gasteiger partial charge in [0.05, 0.1) is 13.7 Å². The van der Waals surface area contributed by atoms with Crippen molar-refractivity contribution in [3.8, 4) is 5.75 Å². The van der Waals surface area contributed by atoms with Crippen LogP contribution in [0.15, 0.2) is 30.6 Å². The topological polar surface area (TPSA) is 52.0 Å². The van der Waals surface area contributed by atoms with Gasteiger partial charge in [0.2, 0.25) is 0 Å². The van der Waals surface area contributed by atoms with Gasteiger partial charge in [0.1, 0.15) is 17.9 Å². The number of hydrogen-bond acceptors (Lipinski definition) is 4. The summed E-state index contributed by atoms with van der Waals surface area (Å²) in [4.78, 5) is 0. The lowest BCUT2D eigenvalue weighted by Gasteiger charge is -2.22. The maximum atomic E-state index is 5.41. The van der Waals surface area contributed by atoms with E-state index in [-0.39, 0.29) is 0 Å². The Labute approximate surface area is 119 Å². The maximum Gasteiger partial charge on any atom is 0.137 e. The first kappa shape index (κ1) is 13.1. The summed E-state index contributed by atoms with van der Waals surface area (Å²) in [5.41, 5.74) is 1.15.